The lowest BCUT2D eigenvalue weighted by Gasteiger charge is -2.39. The highest BCUT2D eigenvalue weighted by Crippen LogP contribution is 2.19. The smallest absolute Gasteiger partial charge is 0.238 e. The third-order valence-corrected chi connectivity index (χ3v) is 4.08. The molecule has 1 saturated heterocycles. The maximum absolute atomic E-state index is 11.5. The number of nitrogens with two attached hydrogens (primary N) is 1. The molecule has 1 aliphatic rings. The highest BCUT2D eigenvalue weighted by atomic mass is 16.2. The van der Waals surface area contributed by atoms with Crippen LogP contribution in [-0.4, -0.2) is 55.0 Å². The topological polar surface area (TPSA) is 61.6 Å². The van der Waals surface area contributed by atoms with E-state index >= 15 is 0 Å². The van der Waals surface area contributed by atoms with E-state index in [9.17, 15) is 4.79 Å². The summed E-state index contributed by atoms with van der Waals surface area (Å²) in [7, 11) is 4.27. The van der Waals surface area contributed by atoms with E-state index < -0.39 is 0 Å². The lowest BCUT2D eigenvalue weighted by atomic mass is 9.96. The van der Waals surface area contributed by atoms with E-state index in [0.717, 1.165) is 13.1 Å². The van der Waals surface area contributed by atoms with Crippen molar-refractivity contribution < 1.29 is 4.79 Å². The first kappa shape index (κ1) is 14.4. The molecule has 0 aromatic heterocycles. The Labute approximate surface area is 104 Å². The van der Waals surface area contributed by atoms with Gasteiger partial charge in [0.25, 0.3) is 0 Å². The Balaban J connectivity index is 2.45. The Kier molecular flexibility index (Phi) is 5.36. The molecule has 0 radical (unpaired) electrons. The molecule has 1 heterocycles. The molecule has 1 rings (SSSR count). The second kappa shape index (κ2) is 6.33. The third kappa shape index (κ3) is 3.66. The number of amides is 1. The van der Waals surface area contributed by atoms with Crippen LogP contribution in [0.3, 0.4) is 0 Å². The van der Waals surface area contributed by atoms with Gasteiger partial charge in [0.05, 0.1) is 5.92 Å². The van der Waals surface area contributed by atoms with Crippen LogP contribution in [-0.2, 0) is 4.79 Å². The summed E-state index contributed by atoms with van der Waals surface area (Å²) in [6, 6.07) is 0.929. The average Bonchev–Trinajstić information content (AvgIpc) is 2.36. The minimum atomic E-state index is -0.0766. The second-order valence-electron chi connectivity index (χ2n) is 5.27. The molecule has 1 fully saturated rings. The molecule has 17 heavy (non-hydrogen) atoms. The van der Waals surface area contributed by atoms with Gasteiger partial charge in [0, 0.05) is 12.1 Å². The number of nitrogens with zero attached hydrogens (tertiary/aromatic N) is 2. The van der Waals surface area contributed by atoms with Crippen LogP contribution >= 0.6 is 0 Å². The van der Waals surface area contributed by atoms with Crippen LogP contribution in [0.15, 0.2) is 0 Å². The number of piperidine rings is 1. The van der Waals surface area contributed by atoms with Gasteiger partial charge in [-0.3, -0.25) is 15.1 Å². The largest absolute Gasteiger partial charge is 0.306 e. The SMILES string of the molecule is CC(C(=O)NN)C(C)N1CCC(N(C)C)CC1. The summed E-state index contributed by atoms with van der Waals surface area (Å²) in [4.78, 5) is 16.2. The molecular weight excluding hydrogens is 216 g/mol. The van der Waals surface area contributed by atoms with E-state index in [1.54, 1.807) is 0 Å². The Morgan fingerprint density at radius 3 is 2.29 bits per heavy atom. The maximum atomic E-state index is 11.5. The van der Waals surface area contributed by atoms with Gasteiger partial charge in [-0.15, -0.1) is 0 Å². The summed E-state index contributed by atoms with van der Waals surface area (Å²) < 4.78 is 0. The number of hydrazine groups is 1. The minimum Gasteiger partial charge on any atom is -0.306 e. The number of rotatable bonds is 4. The van der Waals surface area contributed by atoms with Gasteiger partial charge in [0.2, 0.25) is 5.91 Å². The number of carbonyl (C=O) groups is 1. The van der Waals surface area contributed by atoms with Gasteiger partial charge < -0.3 is 4.90 Å². The molecule has 0 spiro atoms. The third-order valence-electron chi connectivity index (χ3n) is 4.08. The summed E-state index contributed by atoms with van der Waals surface area (Å²) in [5, 5.41) is 0. The first-order chi connectivity index (χ1) is 7.97. The van der Waals surface area contributed by atoms with Crippen molar-refractivity contribution in [2.45, 2.75) is 38.8 Å². The maximum Gasteiger partial charge on any atom is 0.238 e. The fraction of sp³-hybridized carbons (Fsp3) is 0.917. The van der Waals surface area contributed by atoms with Crippen LogP contribution in [0.4, 0.5) is 0 Å². The predicted octanol–water partition coefficient (Wildman–Crippen LogP) is 0.0269. The zero-order valence-corrected chi connectivity index (χ0v) is 11.4. The van der Waals surface area contributed by atoms with Crippen LogP contribution in [0, 0.1) is 5.92 Å². The summed E-state index contributed by atoms with van der Waals surface area (Å²) in [6.45, 7) is 6.17. The van der Waals surface area contributed by atoms with E-state index in [4.69, 9.17) is 5.84 Å². The van der Waals surface area contributed by atoms with Crippen molar-refractivity contribution in [3.8, 4) is 0 Å². The fourth-order valence-electron chi connectivity index (χ4n) is 2.48. The first-order valence-electron chi connectivity index (χ1n) is 6.38. The molecule has 0 aliphatic carbocycles. The summed E-state index contributed by atoms with van der Waals surface area (Å²) in [6.07, 6.45) is 2.35. The summed E-state index contributed by atoms with van der Waals surface area (Å²) in [5.74, 6) is 5.04. The molecule has 1 aliphatic heterocycles. The van der Waals surface area contributed by atoms with Crippen LogP contribution in [0.5, 0.6) is 0 Å². The number of hydrogen-bond acceptors (Lipinski definition) is 4. The van der Waals surface area contributed by atoms with Crippen LogP contribution in [0.25, 0.3) is 0 Å². The van der Waals surface area contributed by atoms with E-state index in [2.05, 4.69) is 36.2 Å². The average molecular weight is 242 g/mol. The monoisotopic (exact) mass is 242 g/mol. The molecular formula is C12H26N4O. The lowest BCUT2D eigenvalue weighted by Crippen LogP contribution is -2.50. The fourth-order valence-corrected chi connectivity index (χ4v) is 2.48. The molecule has 0 aromatic carbocycles. The van der Waals surface area contributed by atoms with Crippen molar-refractivity contribution in [3.05, 3.63) is 0 Å². The van der Waals surface area contributed by atoms with Crippen molar-refractivity contribution in [1.29, 1.82) is 0 Å². The summed E-state index contributed by atoms with van der Waals surface area (Å²) in [5.41, 5.74) is 2.24. The van der Waals surface area contributed by atoms with Crippen molar-refractivity contribution in [3.63, 3.8) is 0 Å². The van der Waals surface area contributed by atoms with Crippen molar-refractivity contribution >= 4 is 5.91 Å². The molecule has 0 saturated carbocycles. The lowest BCUT2D eigenvalue weighted by molar-refractivity contribution is -0.126. The second-order valence-corrected chi connectivity index (χ2v) is 5.27. The van der Waals surface area contributed by atoms with Gasteiger partial charge >= 0.3 is 0 Å². The van der Waals surface area contributed by atoms with Gasteiger partial charge in [-0.05, 0) is 47.0 Å². The quantitative estimate of drug-likeness (QED) is 0.415. The van der Waals surface area contributed by atoms with Crippen LogP contribution in [0.1, 0.15) is 26.7 Å². The van der Waals surface area contributed by atoms with E-state index in [0.29, 0.717) is 6.04 Å². The first-order valence-corrected chi connectivity index (χ1v) is 6.38. The molecule has 5 heteroatoms. The molecule has 5 nitrogen and oxygen atoms in total. The zero-order valence-electron chi connectivity index (χ0n) is 11.4. The van der Waals surface area contributed by atoms with Crippen LogP contribution < -0.4 is 11.3 Å². The predicted molar refractivity (Wildman–Crippen MR) is 69.2 cm³/mol. The summed E-state index contributed by atoms with van der Waals surface area (Å²) >= 11 is 0. The molecule has 2 unspecified atom stereocenters. The standard InChI is InChI=1S/C12H26N4O/c1-9(12(17)14-13)10(2)16-7-5-11(6-8-16)15(3)4/h9-11H,5-8,13H2,1-4H3,(H,14,17). The molecule has 1 amide bonds. The Bertz CT molecular complexity index is 249. The number of nitrogens with one attached hydrogen (secondary N) is 1. The highest BCUT2D eigenvalue weighted by Gasteiger charge is 2.29. The Morgan fingerprint density at radius 1 is 1.35 bits per heavy atom. The van der Waals surface area contributed by atoms with Crippen molar-refractivity contribution in [2.75, 3.05) is 27.2 Å². The Morgan fingerprint density at radius 2 is 1.88 bits per heavy atom. The van der Waals surface area contributed by atoms with E-state index in [1.807, 2.05) is 6.92 Å². The molecule has 2 atom stereocenters. The van der Waals surface area contributed by atoms with Gasteiger partial charge in [0.15, 0.2) is 0 Å². The minimum absolute atomic E-state index is 0.0593. The Hall–Kier alpha value is -0.650. The van der Waals surface area contributed by atoms with E-state index in [-0.39, 0.29) is 17.9 Å². The van der Waals surface area contributed by atoms with Crippen LogP contribution in [0.2, 0.25) is 0 Å². The molecule has 0 bridgehead atoms. The van der Waals surface area contributed by atoms with Gasteiger partial charge in [-0.2, -0.15) is 0 Å². The number of hydrogen-bond donors (Lipinski definition) is 2. The van der Waals surface area contributed by atoms with Crippen molar-refractivity contribution in [2.24, 2.45) is 11.8 Å². The number of likely N-dealkylation sites (tertiary alicyclic amines) is 1. The van der Waals surface area contributed by atoms with Gasteiger partial charge in [-0.25, -0.2) is 5.84 Å². The molecule has 100 valence electrons. The zero-order chi connectivity index (χ0) is 13.0. The normalized spacial score (nSPS) is 22.5. The highest BCUT2D eigenvalue weighted by molar-refractivity contribution is 5.78. The van der Waals surface area contributed by atoms with Gasteiger partial charge in [-0.1, -0.05) is 6.92 Å². The van der Waals surface area contributed by atoms with E-state index in [1.165, 1.54) is 12.8 Å². The number of carbonyl (C=O) groups excluding carboxylic acids is 1. The van der Waals surface area contributed by atoms with Gasteiger partial charge in [0.1, 0.15) is 0 Å². The van der Waals surface area contributed by atoms with Crippen molar-refractivity contribution in [1.82, 2.24) is 15.2 Å². The molecule has 3 N–H and O–H groups in total. The molecule has 0 aromatic rings.